The molecule has 1 heterocycles. The van der Waals surface area contributed by atoms with Gasteiger partial charge in [0.2, 0.25) is 5.88 Å². The van der Waals surface area contributed by atoms with Crippen molar-refractivity contribution in [1.82, 2.24) is 5.16 Å². The molecule has 0 aliphatic heterocycles. The number of hydrogen-bond acceptors (Lipinski definition) is 5. The average molecular weight is 220 g/mol. The van der Waals surface area contributed by atoms with Crippen LogP contribution in [-0.2, 0) is 0 Å². The second-order valence-corrected chi connectivity index (χ2v) is 2.67. The number of nitrogens with zero attached hydrogens (tertiary/aromatic N) is 2. The summed E-state index contributed by atoms with van der Waals surface area (Å²) in [5.41, 5.74) is 5.11. The van der Waals surface area contributed by atoms with Crippen molar-refractivity contribution in [3.05, 3.63) is 5.56 Å². The molecule has 0 fully saturated rings. The molecule has 0 saturated carbocycles. The molecule has 82 valence electrons. The van der Waals surface area contributed by atoms with E-state index in [9.17, 15) is 13.2 Å². The number of halogens is 3. The van der Waals surface area contributed by atoms with E-state index < -0.39 is 12.6 Å². The number of hydrogen-bond donors (Lipinski definition) is 2. The highest BCUT2D eigenvalue weighted by atomic mass is 19.4. The smallest absolute Gasteiger partial charge is 0.366 e. The number of nitrogen functional groups attached to an aromatic ring is 1. The molecule has 1 aromatic heterocycles. The maximum absolute atomic E-state index is 11.8. The Bertz CT molecular complexity index is 379. The number of alkyl halides is 3. The molecule has 0 atom stereocenters. The van der Waals surface area contributed by atoms with Gasteiger partial charge in [0.1, 0.15) is 6.07 Å². The predicted octanol–water partition coefficient (Wildman–Crippen LogP) is 1.49. The van der Waals surface area contributed by atoms with E-state index in [0.717, 1.165) is 0 Å². The first-order valence-corrected chi connectivity index (χ1v) is 3.90. The van der Waals surface area contributed by atoms with E-state index in [4.69, 9.17) is 11.0 Å². The van der Waals surface area contributed by atoms with E-state index in [1.165, 1.54) is 0 Å². The fourth-order valence-electron chi connectivity index (χ4n) is 0.854. The lowest BCUT2D eigenvalue weighted by Crippen LogP contribution is -2.15. The highest BCUT2D eigenvalue weighted by molar-refractivity contribution is 5.60. The molecule has 0 spiro atoms. The second-order valence-electron chi connectivity index (χ2n) is 2.67. The van der Waals surface area contributed by atoms with E-state index >= 15 is 0 Å². The molecular formula is C7H7F3N4O. The molecule has 0 bridgehead atoms. The van der Waals surface area contributed by atoms with Gasteiger partial charge in [0.25, 0.3) is 0 Å². The molecule has 15 heavy (non-hydrogen) atoms. The van der Waals surface area contributed by atoms with Crippen LogP contribution in [0.2, 0.25) is 0 Å². The van der Waals surface area contributed by atoms with Crippen LogP contribution in [0.3, 0.4) is 0 Å². The lowest BCUT2D eigenvalue weighted by Gasteiger charge is -2.05. The fraction of sp³-hybridized carbons (Fsp3) is 0.429. The van der Waals surface area contributed by atoms with E-state index in [2.05, 4.69) is 15.0 Å². The van der Waals surface area contributed by atoms with Gasteiger partial charge < -0.3 is 15.6 Å². The van der Waals surface area contributed by atoms with Crippen molar-refractivity contribution in [3.8, 4) is 6.07 Å². The Morgan fingerprint density at radius 2 is 2.20 bits per heavy atom. The Labute approximate surface area is 82.6 Å². The molecule has 0 saturated heterocycles. The van der Waals surface area contributed by atoms with Crippen LogP contribution in [-0.4, -0.2) is 17.9 Å². The summed E-state index contributed by atoms with van der Waals surface area (Å²) in [6, 6.07) is 1.67. The zero-order valence-corrected chi connectivity index (χ0v) is 7.43. The van der Waals surface area contributed by atoms with Gasteiger partial charge in [-0.1, -0.05) is 5.16 Å². The number of anilines is 2. The van der Waals surface area contributed by atoms with Crippen molar-refractivity contribution in [1.29, 1.82) is 5.26 Å². The lowest BCUT2D eigenvalue weighted by molar-refractivity contribution is -0.131. The molecule has 1 rings (SSSR count). The Morgan fingerprint density at radius 1 is 1.53 bits per heavy atom. The van der Waals surface area contributed by atoms with Gasteiger partial charge in [-0.05, 0) is 0 Å². The fourth-order valence-corrected chi connectivity index (χ4v) is 0.854. The molecule has 3 N–H and O–H groups in total. The SMILES string of the molecule is N#Cc1c(NCCC(F)(F)F)noc1N. The van der Waals surface area contributed by atoms with Gasteiger partial charge in [-0.3, -0.25) is 0 Å². The van der Waals surface area contributed by atoms with Gasteiger partial charge in [-0.15, -0.1) is 0 Å². The van der Waals surface area contributed by atoms with E-state index in [1.54, 1.807) is 6.07 Å². The lowest BCUT2D eigenvalue weighted by atomic mass is 10.3. The summed E-state index contributed by atoms with van der Waals surface area (Å²) in [5, 5.41) is 14.2. The Kier molecular flexibility index (Phi) is 3.04. The van der Waals surface area contributed by atoms with Crippen molar-refractivity contribution < 1.29 is 17.7 Å². The van der Waals surface area contributed by atoms with Crippen molar-refractivity contribution in [2.75, 3.05) is 17.6 Å². The third kappa shape index (κ3) is 3.05. The number of nitriles is 1. The van der Waals surface area contributed by atoms with Crippen molar-refractivity contribution in [2.45, 2.75) is 12.6 Å². The standard InChI is InChI=1S/C7H7F3N4O/c8-7(9,10)1-2-13-6-4(3-11)5(12)15-14-6/h1-2,12H2,(H,13,14). The number of nitrogens with two attached hydrogens (primary N) is 1. The Hall–Kier alpha value is -1.91. The zero-order chi connectivity index (χ0) is 11.5. The summed E-state index contributed by atoms with van der Waals surface area (Å²) in [4.78, 5) is 0. The quantitative estimate of drug-likeness (QED) is 0.805. The molecule has 0 amide bonds. The molecule has 0 unspecified atom stereocenters. The summed E-state index contributed by atoms with van der Waals surface area (Å²) in [6.45, 7) is -0.385. The Balaban J connectivity index is 2.56. The number of aromatic nitrogens is 1. The normalized spacial score (nSPS) is 11.1. The van der Waals surface area contributed by atoms with Crippen LogP contribution in [0.5, 0.6) is 0 Å². The van der Waals surface area contributed by atoms with Gasteiger partial charge in [0.15, 0.2) is 11.4 Å². The first kappa shape index (κ1) is 11.2. The van der Waals surface area contributed by atoms with Gasteiger partial charge in [-0.2, -0.15) is 18.4 Å². The first-order chi connectivity index (χ1) is 6.94. The summed E-state index contributed by atoms with van der Waals surface area (Å²) in [7, 11) is 0. The Morgan fingerprint density at radius 3 is 2.73 bits per heavy atom. The molecule has 0 aliphatic rings. The minimum atomic E-state index is -4.25. The maximum atomic E-state index is 11.8. The first-order valence-electron chi connectivity index (χ1n) is 3.90. The monoisotopic (exact) mass is 220 g/mol. The summed E-state index contributed by atoms with van der Waals surface area (Å²) < 4.78 is 39.7. The van der Waals surface area contributed by atoms with Crippen LogP contribution in [0.4, 0.5) is 24.9 Å². The van der Waals surface area contributed by atoms with Gasteiger partial charge in [0, 0.05) is 6.54 Å². The largest absolute Gasteiger partial charge is 0.390 e. The van der Waals surface area contributed by atoms with Gasteiger partial charge in [0.05, 0.1) is 6.42 Å². The van der Waals surface area contributed by atoms with Gasteiger partial charge >= 0.3 is 6.18 Å². The average Bonchev–Trinajstić information content (AvgIpc) is 2.44. The highest BCUT2D eigenvalue weighted by Crippen LogP contribution is 2.22. The molecule has 1 aromatic rings. The topological polar surface area (TPSA) is 87.9 Å². The van der Waals surface area contributed by atoms with Crippen molar-refractivity contribution in [3.63, 3.8) is 0 Å². The zero-order valence-electron chi connectivity index (χ0n) is 7.43. The minimum absolute atomic E-state index is 0.0701. The molecular weight excluding hydrogens is 213 g/mol. The van der Waals surface area contributed by atoms with E-state index in [-0.39, 0.29) is 23.8 Å². The van der Waals surface area contributed by atoms with Crippen LogP contribution in [0, 0.1) is 11.3 Å². The number of rotatable bonds is 3. The van der Waals surface area contributed by atoms with Crippen LogP contribution >= 0.6 is 0 Å². The molecule has 0 aromatic carbocycles. The van der Waals surface area contributed by atoms with Gasteiger partial charge in [-0.25, -0.2) is 0 Å². The van der Waals surface area contributed by atoms with Crippen molar-refractivity contribution in [2.24, 2.45) is 0 Å². The number of nitrogens with one attached hydrogen (secondary N) is 1. The van der Waals surface area contributed by atoms with Crippen LogP contribution in [0.15, 0.2) is 4.52 Å². The summed E-state index contributed by atoms with van der Waals surface area (Å²) >= 11 is 0. The van der Waals surface area contributed by atoms with Crippen LogP contribution < -0.4 is 11.1 Å². The van der Waals surface area contributed by atoms with Crippen molar-refractivity contribution >= 4 is 11.7 Å². The van der Waals surface area contributed by atoms with E-state index in [1.807, 2.05) is 0 Å². The third-order valence-corrected chi connectivity index (χ3v) is 1.53. The molecule has 8 heteroatoms. The summed E-state index contributed by atoms with van der Waals surface area (Å²) in [6.07, 6.45) is -5.28. The highest BCUT2D eigenvalue weighted by Gasteiger charge is 2.26. The van der Waals surface area contributed by atoms with Crippen LogP contribution in [0.25, 0.3) is 0 Å². The molecule has 0 aliphatic carbocycles. The predicted molar refractivity (Wildman–Crippen MR) is 44.8 cm³/mol. The van der Waals surface area contributed by atoms with E-state index in [0.29, 0.717) is 0 Å². The minimum Gasteiger partial charge on any atom is -0.366 e. The molecule has 5 nitrogen and oxygen atoms in total. The summed E-state index contributed by atoms with van der Waals surface area (Å²) in [5.74, 6) is -0.286. The third-order valence-electron chi connectivity index (χ3n) is 1.53. The molecule has 0 radical (unpaired) electrons. The second kappa shape index (κ2) is 4.08. The maximum Gasteiger partial charge on any atom is 0.390 e. The van der Waals surface area contributed by atoms with Crippen LogP contribution in [0.1, 0.15) is 12.0 Å².